The van der Waals surface area contributed by atoms with Crippen LogP contribution in [0.4, 0.5) is 10.3 Å². The Morgan fingerprint density at radius 2 is 2.00 bits per heavy atom. The molecule has 4 rings (SSSR count). The van der Waals surface area contributed by atoms with Crippen LogP contribution >= 0.6 is 0 Å². The van der Waals surface area contributed by atoms with Gasteiger partial charge in [0.1, 0.15) is 6.07 Å². The summed E-state index contributed by atoms with van der Waals surface area (Å²) in [6.45, 7) is 1.53. The number of aromatic nitrogens is 1. The van der Waals surface area contributed by atoms with Gasteiger partial charge < -0.3 is 23.4 Å². The molecule has 1 fully saturated rings. The van der Waals surface area contributed by atoms with Crippen molar-refractivity contribution in [2.45, 2.75) is 0 Å². The van der Waals surface area contributed by atoms with Crippen LogP contribution in [0.25, 0.3) is 11.7 Å². The van der Waals surface area contributed by atoms with Crippen LogP contribution in [-0.4, -0.2) is 48.6 Å². The van der Waals surface area contributed by atoms with E-state index in [-0.39, 0.29) is 29.8 Å². The van der Waals surface area contributed by atoms with Gasteiger partial charge >= 0.3 is 0 Å². The number of nitrogens with zero attached hydrogens (tertiary/aromatic N) is 4. The zero-order valence-electron chi connectivity index (χ0n) is 15.4. The fourth-order valence-corrected chi connectivity index (χ4v) is 3.06. The average Bonchev–Trinajstić information content (AvgIpc) is 3.42. The summed E-state index contributed by atoms with van der Waals surface area (Å²) in [5.74, 6) is 0.332. The summed E-state index contributed by atoms with van der Waals surface area (Å²) in [5.41, 5.74) is 0.166. The fourth-order valence-electron chi connectivity index (χ4n) is 3.06. The molecule has 29 heavy (non-hydrogen) atoms. The number of piperazine rings is 1. The van der Waals surface area contributed by atoms with Crippen LogP contribution in [-0.2, 0) is 4.79 Å². The molecule has 2 aromatic heterocycles. The van der Waals surface area contributed by atoms with Gasteiger partial charge in [0.2, 0.25) is 11.6 Å². The third kappa shape index (κ3) is 3.91. The maximum Gasteiger partial charge on any atom is 0.266 e. The number of benzene rings is 1. The van der Waals surface area contributed by atoms with Crippen LogP contribution in [0, 0.1) is 17.1 Å². The lowest BCUT2D eigenvalue weighted by Gasteiger charge is -2.34. The first kappa shape index (κ1) is 18.6. The standard InChI is InChI=1S/C20H17FN4O4/c21-14-4-1-2-5-16(14)28-13-18(26)24-7-9-25(10-8-24)20-15(12-22)23-19(29-20)17-6-3-11-27-17/h1-6,11H,7-10,13H2. The Morgan fingerprint density at radius 3 is 2.69 bits per heavy atom. The number of anilines is 1. The highest BCUT2D eigenvalue weighted by Crippen LogP contribution is 2.29. The minimum atomic E-state index is -0.508. The van der Waals surface area contributed by atoms with Crippen LogP contribution in [0.15, 0.2) is 51.5 Å². The van der Waals surface area contributed by atoms with Crippen LogP contribution in [0.2, 0.25) is 0 Å². The van der Waals surface area contributed by atoms with E-state index in [1.54, 1.807) is 29.2 Å². The quantitative estimate of drug-likeness (QED) is 0.654. The van der Waals surface area contributed by atoms with Crippen LogP contribution in [0.3, 0.4) is 0 Å². The van der Waals surface area contributed by atoms with Crippen molar-refractivity contribution in [2.24, 2.45) is 0 Å². The van der Waals surface area contributed by atoms with Gasteiger partial charge in [-0.15, -0.1) is 0 Å². The number of nitriles is 1. The van der Waals surface area contributed by atoms with Gasteiger partial charge in [0, 0.05) is 26.2 Å². The van der Waals surface area contributed by atoms with E-state index in [0.29, 0.717) is 37.8 Å². The summed E-state index contributed by atoms with van der Waals surface area (Å²) >= 11 is 0. The first-order valence-electron chi connectivity index (χ1n) is 9.00. The number of halogens is 1. The summed E-state index contributed by atoms with van der Waals surface area (Å²) < 4.78 is 29.9. The van der Waals surface area contributed by atoms with Crippen LogP contribution in [0.1, 0.15) is 5.69 Å². The second kappa shape index (κ2) is 8.06. The summed E-state index contributed by atoms with van der Waals surface area (Å²) in [7, 11) is 0. The summed E-state index contributed by atoms with van der Waals surface area (Å²) in [4.78, 5) is 20.0. The molecule has 1 aliphatic rings. The summed E-state index contributed by atoms with van der Waals surface area (Å²) in [6.07, 6.45) is 1.50. The van der Waals surface area contributed by atoms with E-state index < -0.39 is 5.82 Å². The SMILES string of the molecule is N#Cc1nc(-c2ccco2)oc1N1CCN(C(=O)COc2ccccc2F)CC1. The Bertz CT molecular complexity index is 1030. The molecular formula is C20H17FN4O4. The third-order valence-electron chi connectivity index (χ3n) is 4.55. The molecule has 0 N–H and O–H groups in total. The Balaban J connectivity index is 1.36. The Kier molecular flexibility index (Phi) is 5.16. The van der Waals surface area contributed by atoms with Crippen molar-refractivity contribution in [3.05, 3.63) is 54.2 Å². The van der Waals surface area contributed by atoms with Gasteiger partial charge in [-0.2, -0.15) is 10.2 Å². The van der Waals surface area contributed by atoms with Crippen molar-refractivity contribution in [3.63, 3.8) is 0 Å². The maximum absolute atomic E-state index is 13.6. The zero-order chi connectivity index (χ0) is 20.2. The van der Waals surface area contributed by atoms with Crippen molar-refractivity contribution < 1.29 is 22.8 Å². The molecule has 1 saturated heterocycles. The van der Waals surface area contributed by atoms with Crippen molar-refractivity contribution in [2.75, 3.05) is 37.7 Å². The molecule has 0 spiro atoms. The molecule has 1 amide bonds. The Hall–Kier alpha value is -3.80. The maximum atomic E-state index is 13.6. The van der Waals surface area contributed by atoms with Gasteiger partial charge in [-0.25, -0.2) is 4.39 Å². The molecular weight excluding hydrogens is 379 g/mol. The van der Waals surface area contributed by atoms with Gasteiger partial charge in [-0.05, 0) is 24.3 Å². The fraction of sp³-hybridized carbons (Fsp3) is 0.250. The van der Waals surface area contributed by atoms with Gasteiger partial charge in [0.25, 0.3) is 11.8 Å². The van der Waals surface area contributed by atoms with Gasteiger partial charge in [0.05, 0.1) is 6.26 Å². The molecule has 0 saturated carbocycles. The molecule has 8 nitrogen and oxygen atoms in total. The lowest BCUT2D eigenvalue weighted by Crippen LogP contribution is -2.50. The number of carbonyl (C=O) groups excluding carboxylic acids is 1. The van der Waals surface area contributed by atoms with Gasteiger partial charge in [0.15, 0.2) is 23.9 Å². The minimum Gasteiger partial charge on any atom is -0.481 e. The van der Waals surface area contributed by atoms with E-state index in [1.807, 2.05) is 11.0 Å². The van der Waals surface area contributed by atoms with E-state index >= 15 is 0 Å². The Morgan fingerprint density at radius 1 is 1.21 bits per heavy atom. The number of hydrogen-bond acceptors (Lipinski definition) is 7. The van der Waals surface area contributed by atoms with Crippen molar-refractivity contribution in [1.29, 1.82) is 5.26 Å². The average molecular weight is 396 g/mol. The van der Waals surface area contributed by atoms with Crippen LogP contribution in [0.5, 0.6) is 5.75 Å². The van der Waals surface area contributed by atoms with E-state index in [0.717, 1.165) is 0 Å². The highest BCUT2D eigenvalue weighted by molar-refractivity contribution is 5.78. The number of amides is 1. The van der Waals surface area contributed by atoms with E-state index in [4.69, 9.17) is 13.6 Å². The largest absolute Gasteiger partial charge is 0.481 e. The molecule has 3 aromatic rings. The molecule has 3 heterocycles. The van der Waals surface area contributed by atoms with Crippen molar-refractivity contribution >= 4 is 11.8 Å². The summed E-state index contributed by atoms with van der Waals surface area (Å²) in [5, 5.41) is 9.36. The Labute approximate surface area is 165 Å². The van der Waals surface area contributed by atoms with E-state index in [2.05, 4.69) is 4.98 Å². The highest BCUT2D eigenvalue weighted by atomic mass is 19.1. The first-order chi connectivity index (χ1) is 14.2. The monoisotopic (exact) mass is 396 g/mol. The van der Waals surface area contributed by atoms with E-state index in [9.17, 15) is 14.4 Å². The van der Waals surface area contributed by atoms with Crippen molar-refractivity contribution in [3.8, 4) is 23.5 Å². The molecule has 1 aromatic carbocycles. The number of furan rings is 1. The first-order valence-corrected chi connectivity index (χ1v) is 9.00. The molecule has 0 unspecified atom stereocenters. The van der Waals surface area contributed by atoms with Gasteiger partial charge in [-0.3, -0.25) is 4.79 Å². The summed E-state index contributed by atoms with van der Waals surface area (Å²) in [6, 6.07) is 11.4. The number of oxazole rings is 1. The second-order valence-corrected chi connectivity index (χ2v) is 6.35. The van der Waals surface area contributed by atoms with Crippen LogP contribution < -0.4 is 9.64 Å². The third-order valence-corrected chi connectivity index (χ3v) is 4.55. The molecule has 1 aliphatic heterocycles. The molecule has 0 atom stereocenters. The normalized spacial score (nSPS) is 13.9. The lowest BCUT2D eigenvalue weighted by molar-refractivity contribution is -0.133. The number of para-hydroxylation sites is 1. The number of hydrogen-bond donors (Lipinski definition) is 0. The topological polar surface area (TPSA) is 95.7 Å². The second-order valence-electron chi connectivity index (χ2n) is 6.35. The number of ether oxygens (including phenoxy) is 1. The van der Waals surface area contributed by atoms with Crippen molar-refractivity contribution in [1.82, 2.24) is 9.88 Å². The minimum absolute atomic E-state index is 0.0465. The molecule has 0 bridgehead atoms. The molecule has 0 radical (unpaired) electrons. The predicted octanol–water partition coefficient (Wildman–Crippen LogP) is 2.67. The zero-order valence-corrected chi connectivity index (χ0v) is 15.4. The smallest absolute Gasteiger partial charge is 0.266 e. The predicted molar refractivity (Wildman–Crippen MR) is 99.6 cm³/mol. The number of carbonyl (C=O) groups is 1. The molecule has 0 aliphatic carbocycles. The molecule has 148 valence electrons. The van der Waals surface area contributed by atoms with Gasteiger partial charge in [-0.1, -0.05) is 12.1 Å². The lowest BCUT2D eigenvalue weighted by atomic mass is 10.3. The number of rotatable bonds is 5. The highest BCUT2D eigenvalue weighted by Gasteiger charge is 2.27. The molecule has 9 heteroatoms. The van der Waals surface area contributed by atoms with E-state index in [1.165, 1.54) is 18.4 Å².